The van der Waals surface area contributed by atoms with Gasteiger partial charge in [0.2, 0.25) is 0 Å². The number of carbonyl (C=O) groups excluding carboxylic acids is 1. The molecule has 30 heavy (non-hydrogen) atoms. The highest BCUT2D eigenvalue weighted by atomic mass is 127. The number of hydrogen-bond donors (Lipinski definition) is 2. The van der Waals surface area contributed by atoms with Crippen molar-refractivity contribution in [2.24, 2.45) is 4.99 Å². The van der Waals surface area contributed by atoms with E-state index in [9.17, 15) is 18.0 Å². The molecule has 0 unspecified atom stereocenters. The highest BCUT2D eigenvalue weighted by Crippen LogP contribution is 2.22. The standard InChI is InChI=1S/C19H27F3N4O3.HI/c1-3-28-18(27)26-12-9-15(10-13-26)25-17(23-2)24-11-8-14-4-6-16(7-5-14)29-19(20,21)22;/h4-7,15H,3,8-13H2,1-2H3,(H2,23,24,25);1H. The Hall–Kier alpha value is -1.92. The number of likely N-dealkylation sites (tertiary alicyclic amines) is 1. The van der Waals surface area contributed by atoms with Gasteiger partial charge in [-0.1, -0.05) is 12.1 Å². The molecule has 1 aromatic carbocycles. The van der Waals surface area contributed by atoms with E-state index in [1.807, 2.05) is 0 Å². The van der Waals surface area contributed by atoms with Crippen LogP contribution in [0.2, 0.25) is 0 Å². The van der Waals surface area contributed by atoms with Gasteiger partial charge < -0.3 is 25.0 Å². The first-order valence-electron chi connectivity index (χ1n) is 9.54. The van der Waals surface area contributed by atoms with Crippen molar-refractivity contribution >= 4 is 36.0 Å². The van der Waals surface area contributed by atoms with Gasteiger partial charge in [-0.2, -0.15) is 0 Å². The van der Waals surface area contributed by atoms with Gasteiger partial charge in [0, 0.05) is 32.7 Å². The molecule has 7 nitrogen and oxygen atoms in total. The number of nitrogens with zero attached hydrogens (tertiary/aromatic N) is 2. The van der Waals surface area contributed by atoms with Crippen LogP contribution in [0.25, 0.3) is 0 Å². The van der Waals surface area contributed by atoms with Crippen LogP contribution < -0.4 is 15.4 Å². The number of benzene rings is 1. The predicted molar refractivity (Wildman–Crippen MR) is 118 cm³/mol. The summed E-state index contributed by atoms with van der Waals surface area (Å²) in [4.78, 5) is 17.6. The van der Waals surface area contributed by atoms with E-state index in [4.69, 9.17) is 4.74 Å². The second-order valence-corrected chi connectivity index (χ2v) is 6.55. The Balaban J connectivity index is 0.00000450. The summed E-state index contributed by atoms with van der Waals surface area (Å²) < 4.78 is 45.4. The number of hydrogen-bond acceptors (Lipinski definition) is 4. The van der Waals surface area contributed by atoms with Gasteiger partial charge in [-0.15, -0.1) is 37.1 Å². The lowest BCUT2D eigenvalue weighted by Crippen LogP contribution is -2.50. The van der Waals surface area contributed by atoms with Gasteiger partial charge in [-0.05, 0) is 43.9 Å². The van der Waals surface area contributed by atoms with Crippen LogP contribution in [0.5, 0.6) is 5.75 Å². The van der Waals surface area contributed by atoms with E-state index in [0.29, 0.717) is 38.6 Å². The van der Waals surface area contributed by atoms with Gasteiger partial charge in [0.1, 0.15) is 5.75 Å². The minimum Gasteiger partial charge on any atom is -0.450 e. The Bertz CT molecular complexity index is 679. The van der Waals surface area contributed by atoms with E-state index >= 15 is 0 Å². The van der Waals surface area contributed by atoms with Crippen molar-refractivity contribution in [2.45, 2.75) is 38.6 Å². The monoisotopic (exact) mass is 544 g/mol. The summed E-state index contributed by atoms with van der Waals surface area (Å²) in [6.07, 6.45) is -2.76. The zero-order chi connectivity index (χ0) is 21.3. The first kappa shape index (κ1) is 26.1. The van der Waals surface area contributed by atoms with Crippen molar-refractivity contribution in [3.8, 4) is 5.75 Å². The number of ether oxygens (including phenoxy) is 2. The largest absolute Gasteiger partial charge is 0.573 e. The number of guanidine groups is 1. The van der Waals surface area contributed by atoms with Crippen LogP contribution in [0, 0.1) is 0 Å². The van der Waals surface area contributed by atoms with E-state index in [1.165, 1.54) is 12.1 Å². The summed E-state index contributed by atoms with van der Waals surface area (Å²) in [7, 11) is 1.67. The van der Waals surface area contributed by atoms with Gasteiger partial charge in [-0.3, -0.25) is 4.99 Å². The minimum absolute atomic E-state index is 0. The average Bonchev–Trinajstić information content (AvgIpc) is 2.68. The SMILES string of the molecule is CCOC(=O)N1CCC(NC(=NC)NCCc2ccc(OC(F)(F)F)cc2)CC1.I. The minimum atomic E-state index is -4.69. The number of nitrogens with one attached hydrogen (secondary N) is 2. The first-order valence-corrected chi connectivity index (χ1v) is 9.54. The molecule has 1 saturated heterocycles. The zero-order valence-corrected chi connectivity index (χ0v) is 19.3. The van der Waals surface area contributed by atoms with Crippen molar-refractivity contribution in [3.63, 3.8) is 0 Å². The van der Waals surface area contributed by atoms with Crippen molar-refractivity contribution < 1.29 is 27.4 Å². The summed E-state index contributed by atoms with van der Waals surface area (Å²) in [5.41, 5.74) is 0.880. The van der Waals surface area contributed by atoms with Crippen LogP contribution in [0.4, 0.5) is 18.0 Å². The number of aliphatic imine (C=N–C) groups is 1. The molecule has 2 rings (SSSR count). The lowest BCUT2D eigenvalue weighted by atomic mass is 10.1. The lowest BCUT2D eigenvalue weighted by Gasteiger charge is -2.32. The maximum absolute atomic E-state index is 12.2. The Morgan fingerprint density at radius 2 is 1.87 bits per heavy atom. The van der Waals surface area contributed by atoms with Gasteiger partial charge in [0.05, 0.1) is 6.61 Å². The van der Waals surface area contributed by atoms with Crippen LogP contribution in [0.1, 0.15) is 25.3 Å². The molecular weight excluding hydrogens is 516 g/mol. The fraction of sp³-hybridized carbons (Fsp3) is 0.579. The number of carbonyl (C=O) groups is 1. The molecule has 1 aromatic rings. The van der Waals surface area contributed by atoms with E-state index in [-0.39, 0.29) is 41.9 Å². The lowest BCUT2D eigenvalue weighted by molar-refractivity contribution is -0.274. The first-order chi connectivity index (χ1) is 13.8. The molecule has 2 N–H and O–H groups in total. The number of alkyl halides is 3. The molecule has 11 heteroatoms. The second kappa shape index (κ2) is 12.7. The van der Waals surface area contributed by atoms with Crippen molar-refractivity contribution in [3.05, 3.63) is 29.8 Å². The molecule has 0 spiro atoms. The van der Waals surface area contributed by atoms with Crippen LogP contribution in [-0.2, 0) is 11.2 Å². The van der Waals surface area contributed by atoms with Crippen LogP contribution in [0.3, 0.4) is 0 Å². The number of rotatable bonds is 6. The second-order valence-electron chi connectivity index (χ2n) is 6.55. The maximum Gasteiger partial charge on any atom is 0.573 e. The summed E-state index contributed by atoms with van der Waals surface area (Å²) in [6.45, 7) is 3.97. The van der Waals surface area contributed by atoms with Crippen molar-refractivity contribution in [2.75, 3.05) is 33.3 Å². The van der Waals surface area contributed by atoms with Crippen LogP contribution in [-0.4, -0.2) is 62.6 Å². The third kappa shape index (κ3) is 9.26. The van der Waals surface area contributed by atoms with Gasteiger partial charge in [0.25, 0.3) is 0 Å². The van der Waals surface area contributed by atoms with E-state index in [2.05, 4.69) is 20.4 Å². The maximum atomic E-state index is 12.2. The third-order valence-corrected chi connectivity index (χ3v) is 4.45. The Kier molecular flexibility index (Phi) is 11.1. The summed E-state index contributed by atoms with van der Waals surface area (Å²) in [6, 6.07) is 6.00. The molecule has 1 aliphatic heterocycles. The van der Waals surface area contributed by atoms with E-state index in [0.717, 1.165) is 18.4 Å². The fourth-order valence-corrected chi connectivity index (χ4v) is 2.99. The van der Waals surface area contributed by atoms with Crippen molar-refractivity contribution in [1.82, 2.24) is 15.5 Å². The predicted octanol–water partition coefficient (Wildman–Crippen LogP) is 3.53. The molecule has 1 heterocycles. The molecule has 1 fully saturated rings. The highest BCUT2D eigenvalue weighted by Gasteiger charge is 2.31. The van der Waals surface area contributed by atoms with E-state index < -0.39 is 6.36 Å². The summed E-state index contributed by atoms with van der Waals surface area (Å²) in [5, 5.41) is 6.53. The molecule has 170 valence electrons. The average molecular weight is 544 g/mol. The third-order valence-electron chi connectivity index (χ3n) is 4.45. The van der Waals surface area contributed by atoms with E-state index in [1.54, 1.807) is 31.0 Å². The topological polar surface area (TPSA) is 75.2 Å². The quantitative estimate of drug-likeness (QED) is 0.326. The Morgan fingerprint density at radius 1 is 1.23 bits per heavy atom. The molecule has 0 saturated carbocycles. The molecule has 0 bridgehead atoms. The molecular formula is C19H28F3IN4O3. The Labute approximate surface area is 191 Å². The molecule has 1 amide bonds. The molecule has 0 aromatic heterocycles. The molecule has 0 radical (unpaired) electrons. The summed E-state index contributed by atoms with van der Waals surface area (Å²) in [5.74, 6) is 0.414. The summed E-state index contributed by atoms with van der Waals surface area (Å²) >= 11 is 0. The van der Waals surface area contributed by atoms with Crippen molar-refractivity contribution in [1.29, 1.82) is 0 Å². The van der Waals surface area contributed by atoms with Gasteiger partial charge in [-0.25, -0.2) is 4.79 Å². The van der Waals surface area contributed by atoms with Gasteiger partial charge in [0.15, 0.2) is 5.96 Å². The van der Waals surface area contributed by atoms with Crippen LogP contribution >= 0.6 is 24.0 Å². The normalized spacial score (nSPS) is 15.2. The highest BCUT2D eigenvalue weighted by molar-refractivity contribution is 14.0. The number of piperidine rings is 1. The molecule has 0 aliphatic carbocycles. The molecule has 0 atom stereocenters. The smallest absolute Gasteiger partial charge is 0.450 e. The van der Waals surface area contributed by atoms with Crippen LogP contribution in [0.15, 0.2) is 29.3 Å². The molecule has 1 aliphatic rings. The Morgan fingerprint density at radius 3 is 2.40 bits per heavy atom. The zero-order valence-electron chi connectivity index (χ0n) is 17.0. The van der Waals surface area contributed by atoms with Gasteiger partial charge >= 0.3 is 12.5 Å². The fourth-order valence-electron chi connectivity index (χ4n) is 2.99. The number of halogens is 4. The number of amides is 1.